The molecular formula is C33H38Cl2F4N2O. The van der Waals surface area contributed by atoms with E-state index in [0.717, 1.165) is 93.7 Å². The van der Waals surface area contributed by atoms with Gasteiger partial charge in [-0.05, 0) is 110 Å². The van der Waals surface area contributed by atoms with E-state index in [-0.39, 0.29) is 36.4 Å². The minimum atomic E-state index is -4.31. The molecule has 0 atom stereocenters. The van der Waals surface area contributed by atoms with Crippen LogP contribution in [0.1, 0.15) is 70.3 Å². The SMILES string of the molecule is Cl.Cl.O=C(CCC1CCN(Cc2ccc(C(F)(F)F)cc2)CC1)c1ccc2c(c1)CN(Cc1ccc(F)cc1)CCC2. The number of hydrogen-bond donors (Lipinski definition) is 0. The van der Waals surface area contributed by atoms with Gasteiger partial charge >= 0.3 is 6.18 Å². The third kappa shape index (κ3) is 9.27. The molecule has 3 nitrogen and oxygen atoms in total. The molecule has 0 radical (unpaired) electrons. The normalized spacial score (nSPS) is 16.6. The highest BCUT2D eigenvalue weighted by Gasteiger charge is 2.30. The van der Waals surface area contributed by atoms with Gasteiger partial charge in [-0.2, -0.15) is 13.2 Å². The molecule has 2 aliphatic heterocycles. The molecule has 0 N–H and O–H groups in total. The van der Waals surface area contributed by atoms with Crippen LogP contribution in [0.25, 0.3) is 0 Å². The van der Waals surface area contributed by atoms with Crippen LogP contribution in [0.5, 0.6) is 0 Å². The predicted molar refractivity (Wildman–Crippen MR) is 163 cm³/mol. The number of piperidine rings is 1. The minimum Gasteiger partial charge on any atom is -0.299 e. The van der Waals surface area contributed by atoms with E-state index in [4.69, 9.17) is 0 Å². The largest absolute Gasteiger partial charge is 0.416 e. The lowest BCUT2D eigenvalue weighted by atomic mass is 9.89. The number of Topliss-reactive ketones (excluding diaryl/α,β-unsaturated/α-hetero) is 1. The van der Waals surface area contributed by atoms with E-state index >= 15 is 0 Å². The second-order valence-corrected chi connectivity index (χ2v) is 11.3. The van der Waals surface area contributed by atoms with E-state index < -0.39 is 11.7 Å². The quantitative estimate of drug-likeness (QED) is 0.185. The average molecular weight is 626 g/mol. The van der Waals surface area contributed by atoms with Crippen molar-refractivity contribution in [3.63, 3.8) is 0 Å². The molecule has 228 valence electrons. The Kier molecular flexibility index (Phi) is 12.4. The first kappa shape index (κ1) is 34.0. The molecule has 0 unspecified atom stereocenters. The Labute approximate surface area is 258 Å². The van der Waals surface area contributed by atoms with E-state index in [1.165, 1.54) is 23.3 Å². The van der Waals surface area contributed by atoms with Crippen LogP contribution in [-0.4, -0.2) is 35.2 Å². The molecule has 0 spiro atoms. The summed E-state index contributed by atoms with van der Waals surface area (Å²) in [6, 6.07) is 18.3. The van der Waals surface area contributed by atoms with Crippen molar-refractivity contribution in [2.24, 2.45) is 5.92 Å². The van der Waals surface area contributed by atoms with E-state index in [9.17, 15) is 22.4 Å². The summed E-state index contributed by atoms with van der Waals surface area (Å²) in [6.07, 6.45) is 1.13. The number of halogens is 6. The molecule has 0 saturated carbocycles. The van der Waals surface area contributed by atoms with Gasteiger partial charge < -0.3 is 0 Å². The van der Waals surface area contributed by atoms with Crippen molar-refractivity contribution in [1.82, 2.24) is 9.80 Å². The van der Waals surface area contributed by atoms with Crippen LogP contribution in [0.15, 0.2) is 66.7 Å². The molecule has 3 aromatic carbocycles. The fourth-order valence-electron chi connectivity index (χ4n) is 5.96. The summed E-state index contributed by atoms with van der Waals surface area (Å²) in [5, 5.41) is 0. The standard InChI is InChI=1S/C33H36F4N2O.2ClH/c34-31-12-5-26(6-13-31)22-39-17-1-2-27-8-9-28(20-29(27)23-39)32(40)14-7-24-15-18-38(19-16-24)21-25-3-10-30(11-4-25)33(35,36)37;;/h3-6,8-13,20,24H,1-2,7,14-19,21-23H2;2*1H. The van der Waals surface area contributed by atoms with E-state index in [1.807, 2.05) is 18.2 Å². The number of rotatable bonds is 8. The maximum absolute atomic E-state index is 13.3. The number of ketones is 1. The van der Waals surface area contributed by atoms with Crippen LogP contribution in [-0.2, 0) is 32.2 Å². The molecule has 42 heavy (non-hydrogen) atoms. The Morgan fingerprint density at radius 1 is 0.786 bits per heavy atom. The van der Waals surface area contributed by atoms with Crippen LogP contribution in [0, 0.1) is 11.7 Å². The maximum Gasteiger partial charge on any atom is 0.416 e. The number of benzene rings is 3. The first-order chi connectivity index (χ1) is 19.2. The lowest BCUT2D eigenvalue weighted by Crippen LogP contribution is -2.33. The van der Waals surface area contributed by atoms with Crippen molar-refractivity contribution in [3.8, 4) is 0 Å². The highest BCUT2D eigenvalue weighted by molar-refractivity contribution is 5.96. The monoisotopic (exact) mass is 624 g/mol. The van der Waals surface area contributed by atoms with Crippen LogP contribution in [0.4, 0.5) is 17.6 Å². The Morgan fingerprint density at radius 3 is 2.05 bits per heavy atom. The van der Waals surface area contributed by atoms with Gasteiger partial charge in [-0.25, -0.2) is 4.39 Å². The molecule has 9 heteroatoms. The van der Waals surface area contributed by atoms with Gasteiger partial charge in [0.05, 0.1) is 5.56 Å². The number of fused-ring (bicyclic) bond motifs is 1. The summed E-state index contributed by atoms with van der Waals surface area (Å²) < 4.78 is 51.7. The Hall–Kier alpha value is -2.45. The van der Waals surface area contributed by atoms with Crippen molar-refractivity contribution >= 4 is 30.6 Å². The van der Waals surface area contributed by atoms with Gasteiger partial charge in [0.1, 0.15) is 5.82 Å². The van der Waals surface area contributed by atoms with Crippen molar-refractivity contribution < 1.29 is 22.4 Å². The van der Waals surface area contributed by atoms with Gasteiger partial charge in [-0.15, -0.1) is 24.8 Å². The van der Waals surface area contributed by atoms with Crippen molar-refractivity contribution in [2.75, 3.05) is 19.6 Å². The molecule has 0 aliphatic carbocycles. The number of alkyl halides is 3. The molecule has 0 amide bonds. The lowest BCUT2D eigenvalue weighted by molar-refractivity contribution is -0.137. The zero-order chi connectivity index (χ0) is 28.1. The summed E-state index contributed by atoms with van der Waals surface area (Å²) in [4.78, 5) is 17.8. The van der Waals surface area contributed by atoms with E-state index in [1.54, 1.807) is 12.1 Å². The number of hydrogen-bond acceptors (Lipinski definition) is 3. The van der Waals surface area contributed by atoms with Gasteiger partial charge in [0.15, 0.2) is 5.78 Å². The first-order valence-electron chi connectivity index (χ1n) is 14.2. The molecule has 1 fully saturated rings. The summed E-state index contributed by atoms with van der Waals surface area (Å²) in [6.45, 7) is 4.94. The second-order valence-electron chi connectivity index (χ2n) is 11.3. The van der Waals surface area contributed by atoms with Crippen LogP contribution in [0.2, 0.25) is 0 Å². The fraction of sp³-hybridized carbons (Fsp3) is 0.424. The van der Waals surface area contributed by atoms with Gasteiger partial charge in [-0.1, -0.05) is 36.4 Å². The Bertz CT molecular complexity index is 1290. The smallest absolute Gasteiger partial charge is 0.299 e. The van der Waals surface area contributed by atoms with Gasteiger partial charge in [0, 0.05) is 31.6 Å². The number of likely N-dealkylation sites (tertiary alicyclic amines) is 1. The second kappa shape index (κ2) is 15.3. The molecule has 2 aliphatic rings. The topological polar surface area (TPSA) is 23.6 Å². The number of nitrogens with zero attached hydrogens (tertiary/aromatic N) is 2. The van der Waals surface area contributed by atoms with Crippen molar-refractivity contribution in [2.45, 2.75) is 64.3 Å². The fourth-order valence-corrected chi connectivity index (χ4v) is 5.96. The zero-order valence-electron chi connectivity index (χ0n) is 23.5. The summed E-state index contributed by atoms with van der Waals surface area (Å²) >= 11 is 0. The zero-order valence-corrected chi connectivity index (χ0v) is 25.2. The Balaban J connectivity index is 0.00000242. The third-order valence-corrected chi connectivity index (χ3v) is 8.34. The molecule has 1 saturated heterocycles. The highest BCUT2D eigenvalue weighted by atomic mass is 35.5. The molecule has 2 heterocycles. The van der Waals surface area contributed by atoms with Crippen LogP contribution in [0.3, 0.4) is 0 Å². The highest BCUT2D eigenvalue weighted by Crippen LogP contribution is 2.30. The third-order valence-electron chi connectivity index (χ3n) is 8.34. The lowest BCUT2D eigenvalue weighted by Gasteiger charge is -2.32. The predicted octanol–water partition coefficient (Wildman–Crippen LogP) is 8.51. The average Bonchev–Trinajstić information content (AvgIpc) is 3.14. The van der Waals surface area contributed by atoms with Gasteiger partial charge in [0.25, 0.3) is 0 Å². The maximum atomic E-state index is 13.3. The van der Waals surface area contributed by atoms with Crippen molar-refractivity contribution in [1.29, 1.82) is 0 Å². The van der Waals surface area contributed by atoms with Gasteiger partial charge in [-0.3, -0.25) is 14.6 Å². The molecule has 5 rings (SSSR count). The number of carbonyl (C=O) groups is 1. The summed E-state index contributed by atoms with van der Waals surface area (Å²) in [5.41, 5.74) is 4.66. The summed E-state index contributed by atoms with van der Waals surface area (Å²) in [5.74, 6) is 0.445. The van der Waals surface area contributed by atoms with Gasteiger partial charge in [0.2, 0.25) is 0 Å². The number of aryl methyl sites for hydroxylation is 1. The summed E-state index contributed by atoms with van der Waals surface area (Å²) in [7, 11) is 0. The molecular weight excluding hydrogens is 587 g/mol. The van der Waals surface area contributed by atoms with Crippen LogP contribution < -0.4 is 0 Å². The van der Waals surface area contributed by atoms with Crippen molar-refractivity contribution in [3.05, 3.63) is 106 Å². The molecule has 0 aromatic heterocycles. The van der Waals surface area contributed by atoms with E-state index in [0.29, 0.717) is 18.9 Å². The molecule has 0 bridgehead atoms. The van der Waals surface area contributed by atoms with Crippen LogP contribution >= 0.6 is 24.8 Å². The minimum absolute atomic E-state index is 0. The first-order valence-corrected chi connectivity index (χ1v) is 14.2. The van der Waals surface area contributed by atoms with E-state index in [2.05, 4.69) is 21.9 Å². The number of carbonyl (C=O) groups excluding carboxylic acids is 1. The Morgan fingerprint density at radius 2 is 1.40 bits per heavy atom. The molecule has 3 aromatic rings.